The lowest BCUT2D eigenvalue weighted by molar-refractivity contribution is -0.123. The zero-order valence-corrected chi connectivity index (χ0v) is 18.6. The molecule has 0 saturated heterocycles. The zero-order valence-electron chi connectivity index (χ0n) is 17.1. The molecule has 0 N–H and O–H groups in total. The van der Waals surface area contributed by atoms with Crippen molar-refractivity contribution in [1.29, 1.82) is 0 Å². The third-order valence-electron chi connectivity index (χ3n) is 4.85. The van der Waals surface area contributed by atoms with E-state index in [2.05, 4.69) is 5.10 Å². The van der Waals surface area contributed by atoms with Gasteiger partial charge in [-0.2, -0.15) is 10.1 Å². The summed E-state index contributed by atoms with van der Waals surface area (Å²) in [7, 11) is 0. The maximum absolute atomic E-state index is 12.8. The van der Waals surface area contributed by atoms with E-state index in [0.29, 0.717) is 44.8 Å². The van der Waals surface area contributed by atoms with E-state index >= 15 is 0 Å². The predicted octanol–water partition coefficient (Wildman–Crippen LogP) is 6.01. The zero-order chi connectivity index (χ0) is 22.7. The highest BCUT2D eigenvalue weighted by atomic mass is 35.5. The summed E-state index contributed by atoms with van der Waals surface area (Å²) in [6.07, 6.45) is 1.66. The summed E-state index contributed by atoms with van der Waals surface area (Å²) >= 11 is 12.3. The molecule has 3 aromatic rings. The van der Waals surface area contributed by atoms with Crippen molar-refractivity contribution in [2.45, 2.75) is 13.5 Å². The number of imide groups is 1. The quantitative estimate of drug-likeness (QED) is 0.342. The average Bonchev–Trinajstić information content (AvgIpc) is 3.08. The highest BCUT2D eigenvalue weighted by Gasteiger charge is 2.32. The monoisotopic (exact) mass is 464 g/mol. The van der Waals surface area contributed by atoms with Gasteiger partial charge >= 0.3 is 0 Å². The molecular formula is C25H18Cl2N2O3. The molecule has 0 atom stereocenters. The van der Waals surface area contributed by atoms with Crippen molar-refractivity contribution in [3.05, 3.63) is 105 Å². The molecule has 2 amide bonds. The molecule has 1 aliphatic heterocycles. The van der Waals surface area contributed by atoms with Crippen molar-refractivity contribution in [1.82, 2.24) is 5.01 Å². The van der Waals surface area contributed by atoms with Gasteiger partial charge in [-0.1, -0.05) is 59.6 Å². The summed E-state index contributed by atoms with van der Waals surface area (Å²) in [5.74, 6) is -0.425. The van der Waals surface area contributed by atoms with Crippen LogP contribution in [0.3, 0.4) is 0 Å². The fraction of sp³-hybridized carbons (Fsp3) is 0.0800. The van der Waals surface area contributed by atoms with Crippen LogP contribution in [0.25, 0.3) is 6.08 Å². The second kappa shape index (κ2) is 9.39. The lowest BCUT2D eigenvalue weighted by atomic mass is 10.1. The van der Waals surface area contributed by atoms with Crippen molar-refractivity contribution in [3.8, 4) is 5.75 Å². The molecule has 1 heterocycles. The largest absolute Gasteiger partial charge is 0.487 e. The minimum Gasteiger partial charge on any atom is -0.487 e. The van der Waals surface area contributed by atoms with Gasteiger partial charge in [0.25, 0.3) is 11.8 Å². The minimum atomic E-state index is -0.476. The van der Waals surface area contributed by atoms with Crippen molar-refractivity contribution in [2.75, 3.05) is 0 Å². The lowest BCUT2D eigenvalue weighted by Crippen LogP contribution is -2.29. The second-order valence-corrected chi connectivity index (χ2v) is 7.98. The van der Waals surface area contributed by atoms with Crippen LogP contribution >= 0.6 is 23.2 Å². The Labute approximate surface area is 195 Å². The molecule has 0 saturated carbocycles. The Kier molecular flexibility index (Phi) is 6.40. The molecule has 1 aliphatic rings. The standard InChI is InChI=1S/C25H18Cl2N2O3/c1-16-21(25(31)29(28-16)24(30)19-5-3-2-4-6-19)13-18-9-12-23(22(27)14-18)32-15-17-7-10-20(26)11-8-17/h2-14H,15H2,1H3/b21-13+. The van der Waals surface area contributed by atoms with Crippen LogP contribution in [-0.4, -0.2) is 22.5 Å². The Bertz CT molecular complexity index is 1240. The van der Waals surface area contributed by atoms with Crippen LogP contribution in [0.2, 0.25) is 10.0 Å². The predicted molar refractivity (Wildman–Crippen MR) is 126 cm³/mol. The van der Waals surface area contributed by atoms with Crippen molar-refractivity contribution in [2.24, 2.45) is 5.10 Å². The SMILES string of the molecule is CC1=NN(C(=O)c2ccccc2)C(=O)/C1=C/c1ccc(OCc2ccc(Cl)cc2)c(Cl)c1. The van der Waals surface area contributed by atoms with Gasteiger partial charge in [-0.05, 0) is 60.5 Å². The number of halogens is 2. The fourth-order valence-corrected chi connectivity index (χ4v) is 3.53. The number of hydrogen-bond donors (Lipinski definition) is 0. The number of hydrogen-bond acceptors (Lipinski definition) is 4. The summed E-state index contributed by atoms with van der Waals surface area (Å²) in [5.41, 5.74) is 2.84. The number of carbonyl (C=O) groups is 2. The smallest absolute Gasteiger partial charge is 0.283 e. The molecule has 0 aliphatic carbocycles. The van der Waals surface area contributed by atoms with Gasteiger partial charge in [-0.15, -0.1) is 0 Å². The van der Waals surface area contributed by atoms with Gasteiger partial charge in [0.15, 0.2) is 0 Å². The first-order chi connectivity index (χ1) is 15.4. The van der Waals surface area contributed by atoms with Crippen LogP contribution in [0, 0.1) is 0 Å². The number of hydrazone groups is 1. The molecule has 0 spiro atoms. The van der Waals surface area contributed by atoms with Crippen molar-refractivity contribution >= 4 is 46.8 Å². The Morgan fingerprint density at radius 1 is 1.03 bits per heavy atom. The van der Waals surface area contributed by atoms with Crippen LogP contribution in [0.4, 0.5) is 0 Å². The summed E-state index contributed by atoms with van der Waals surface area (Å²) < 4.78 is 5.79. The van der Waals surface area contributed by atoms with Gasteiger partial charge in [0.1, 0.15) is 12.4 Å². The molecular weight excluding hydrogens is 447 g/mol. The van der Waals surface area contributed by atoms with E-state index in [1.54, 1.807) is 73.7 Å². The third-order valence-corrected chi connectivity index (χ3v) is 5.40. The van der Waals surface area contributed by atoms with E-state index in [-0.39, 0.29) is 0 Å². The van der Waals surface area contributed by atoms with E-state index in [1.807, 2.05) is 12.1 Å². The number of benzene rings is 3. The fourth-order valence-electron chi connectivity index (χ4n) is 3.16. The van der Waals surface area contributed by atoms with E-state index in [1.165, 1.54) is 0 Å². The summed E-state index contributed by atoms with van der Waals surface area (Å²) in [4.78, 5) is 25.5. The van der Waals surface area contributed by atoms with Crippen LogP contribution in [0.15, 0.2) is 83.5 Å². The highest BCUT2D eigenvalue weighted by molar-refractivity contribution is 6.33. The number of ether oxygens (including phenoxy) is 1. The minimum absolute atomic E-state index is 0.334. The number of carbonyl (C=O) groups excluding carboxylic acids is 2. The van der Waals surface area contributed by atoms with E-state index in [4.69, 9.17) is 27.9 Å². The van der Waals surface area contributed by atoms with Crippen LogP contribution < -0.4 is 4.74 Å². The van der Waals surface area contributed by atoms with Gasteiger partial charge in [-0.3, -0.25) is 9.59 Å². The first-order valence-electron chi connectivity index (χ1n) is 9.80. The van der Waals surface area contributed by atoms with Gasteiger partial charge in [0.05, 0.1) is 16.3 Å². The number of rotatable bonds is 5. The normalized spacial score (nSPS) is 14.6. The molecule has 0 aromatic heterocycles. The van der Waals surface area contributed by atoms with Gasteiger partial charge in [-0.25, -0.2) is 0 Å². The maximum Gasteiger partial charge on any atom is 0.283 e. The number of nitrogens with zero attached hydrogens (tertiary/aromatic N) is 2. The molecule has 3 aromatic carbocycles. The van der Waals surface area contributed by atoms with Crippen molar-refractivity contribution in [3.63, 3.8) is 0 Å². The first-order valence-corrected chi connectivity index (χ1v) is 10.6. The summed E-state index contributed by atoms with van der Waals surface area (Å²) in [6, 6.07) is 21.1. The van der Waals surface area contributed by atoms with Gasteiger partial charge < -0.3 is 4.74 Å². The molecule has 7 heteroatoms. The molecule has 4 rings (SSSR count). The lowest BCUT2D eigenvalue weighted by Gasteiger charge is -2.10. The molecule has 160 valence electrons. The van der Waals surface area contributed by atoms with E-state index in [0.717, 1.165) is 10.6 Å². The summed E-state index contributed by atoms with van der Waals surface area (Å²) in [6.45, 7) is 2.03. The number of amides is 2. The van der Waals surface area contributed by atoms with Crippen molar-refractivity contribution < 1.29 is 14.3 Å². The molecule has 0 fully saturated rings. The van der Waals surface area contributed by atoms with Crippen LogP contribution in [0.5, 0.6) is 5.75 Å². The topological polar surface area (TPSA) is 59.0 Å². The molecule has 0 radical (unpaired) electrons. The molecule has 0 bridgehead atoms. The van der Waals surface area contributed by atoms with Gasteiger partial charge in [0.2, 0.25) is 0 Å². The second-order valence-electron chi connectivity index (χ2n) is 7.14. The van der Waals surface area contributed by atoms with Crippen LogP contribution in [0.1, 0.15) is 28.4 Å². The molecule has 5 nitrogen and oxygen atoms in total. The van der Waals surface area contributed by atoms with E-state index in [9.17, 15) is 9.59 Å². The molecule has 0 unspecified atom stereocenters. The Morgan fingerprint density at radius 3 is 2.44 bits per heavy atom. The molecule has 32 heavy (non-hydrogen) atoms. The first kappa shape index (κ1) is 21.8. The highest BCUT2D eigenvalue weighted by Crippen LogP contribution is 2.28. The maximum atomic E-state index is 12.8. The Hall–Kier alpha value is -3.41. The van der Waals surface area contributed by atoms with Gasteiger partial charge in [0, 0.05) is 10.6 Å². The summed E-state index contributed by atoms with van der Waals surface area (Å²) in [5, 5.41) is 6.11. The average molecular weight is 465 g/mol. The Morgan fingerprint density at radius 2 is 1.75 bits per heavy atom. The van der Waals surface area contributed by atoms with Crippen LogP contribution in [-0.2, 0) is 11.4 Å². The Balaban J connectivity index is 1.49. The van der Waals surface area contributed by atoms with E-state index < -0.39 is 11.8 Å². The third kappa shape index (κ3) is 4.74.